The van der Waals surface area contributed by atoms with Crippen LogP contribution in [0.3, 0.4) is 0 Å². The van der Waals surface area contributed by atoms with Crippen LogP contribution in [0, 0.1) is 0 Å². The van der Waals surface area contributed by atoms with E-state index in [-0.39, 0.29) is 6.03 Å². The summed E-state index contributed by atoms with van der Waals surface area (Å²) in [4.78, 5) is 20.5. The lowest BCUT2D eigenvalue weighted by molar-refractivity contribution is 0.195. The minimum Gasteiger partial charge on any atom is -0.345 e. The fraction of sp³-hybridized carbons (Fsp3) is 0.429. The number of aromatic nitrogens is 1. The number of thiazole rings is 1. The molecule has 1 aromatic heterocycles. The number of carbonyl (C=O) groups is 1. The van der Waals surface area contributed by atoms with Crippen LogP contribution in [0.2, 0.25) is 5.02 Å². The zero-order valence-corrected chi connectivity index (χ0v) is 13.4. The maximum absolute atomic E-state index is 11.8. The Kier molecular flexibility index (Phi) is 4.17. The molecule has 0 unspecified atom stereocenters. The SMILES string of the molecule is CCNC(=O)N1CCN(c2nc3ccc(Cl)cc3s2)CC1. The second-order valence-electron chi connectivity index (χ2n) is 4.92. The maximum Gasteiger partial charge on any atom is 0.317 e. The first-order valence-electron chi connectivity index (χ1n) is 7.01. The van der Waals surface area contributed by atoms with Crippen LogP contribution in [0.1, 0.15) is 6.92 Å². The van der Waals surface area contributed by atoms with Crippen molar-refractivity contribution in [3.8, 4) is 0 Å². The standard InChI is InChI=1S/C14H17ClN4OS/c1-2-16-13(20)18-5-7-19(8-6-18)14-17-11-4-3-10(15)9-12(11)21-14/h3-4,9H,2,5-8H2,1H3,(H,16,20). The van der Waals surface area contributed by atoms with Crippen molar-refractivity contribution in [2.45, 2.75) is 6.92 Å². The van der Waals surface area contributed by atoms with E-state index < -0.39 is 0 Å². The third-order valence-electron chi connectivity index (χ3n) is 3.50. The molecule has 5 nitrogen and oxygen atoms in total. The number of halogens is 1. The van der Waals surface area contributed by atoms with E-state index in [9.17, 15) is 4.79 Å². The Morgan fingerprint density at radius 2 is 2.14 bits per heavy atom. The zero-order valence-electron chi connectivity index (χ0n) is 11.8. The smallest absolute Gasteiger partial charge is 0.317 e. The summed E-state index contributed by atoms with van der Waals surface area (Å²) in [7, 11) is 0. The highest BCUT2D eigenvalue weighted by molar-refractivity contribution is 7.22. The van der Waals surface area contributed by atoms with Gasteiger partial charge in [0, 0.05) is 37.7 Å². The number of carbonyl (C=O) groups excluding carboxylic acids is 1. The summed E-state index contributed by atoms with van der Waals surface area (Å²) in [6.07, 6.45) is 0. The number of benzene rings is 1. The number of amides is 2. The molecule has 7 heteroatoms. The van der Waals surface area contributed by atoms with E-state index in [4.69, 9.17) is 11.6 Å². The van der Waals surface area contributed by atoms with Crippen LogP contribution in [0.15, 0.2) is 18.2 Å². The minimum absolute atomic E-state index is 0.0215. The number of anilines is 1. The van der Waals surface area contributed by atoms with Gasteiger partial charge >= 0.3 is 6.03 Å². The van der Waals surface area contributed by atoms with Gasteiger partial charge in [0.2, 0.25) is 0 Å². The van der Waals surface area contributed by atoms with Gasteiger partial charge in [-0.25, -0.2) is 9.78 Å². The lowest BCUT2D eigenvalue weighted by atomic mass is 10.3. The average Bonchev–Trinajstić information content (AvgIpc) is 2.90. The highest BCUT2D eigenvalue weighted by Crippen LogP contribution is 2.31. The van der Waals surface area contributed by atoms with Crippen LogP contribution in [-0.2, 0) is 0 Å². The first-order chi connectivity index (χ1) is 10.2. The van der Waals surface area contributed by atoms with Gasteiger partial charge in [0.25, 0.3) is 0 Å². The molecule has 1 aliphatic heterocycles. The van der Waals surface area contributed by atoms with Gasteiger partial charge in [0.15, 0.2) is 5.13 Å². The maximum atomic E-state index is 11.8. The van der Waals surface area contributed by atoms with Crippen molar-refractivity contribution in [3.63, 3.8) is 0 Å². The molecule has 1 fully saturated rings. The summed E-state index contributed by atoms with van der Waals surface area (Å²) in [6, 6.07) is 5.78. The predicted molar refractivity (Wildman–Crippen MR) is 87.5 cm³/mol. The Morgan fingerprint density at radius 3 is 2.86 bits per heavy atom. The molecule has 21 heavy (non-hydrogen) atoms. The fourth-order valence-electron chi connectivity index (χ4n) is 2.39. The third kappa shape index (κ3) is 3.06. The van der Waals surface area contributed by atoms with Gasteiger partial charge in [-0.2, -0.15) is 0 Å². The second kappa shape index (κ2) is 6.07. The number of urea groups is 1. The van der Waals surface area contributed by atoms with Crippen LogP contribution in [0.5, 0.6) is 0 Å². The Hall–Kier alpha value is -1.53. The molecule has 0 bridgehead atoms. The van der Waals surface area contributed by atoms with Gasteiger partial charge < -0.3 is 15.1 Å². The van der Waals surface area contributed by atoms with Crippen LogP contribution in [-0.4, -0.2) is 48.6 Å². The van der Waals surface area contributed by atoms with Gasteiger partial charge in [0.05, 0.1) is 10.2 Å². The molecule has 1 aliphatic rings. The summed E-state index contributed by atoms with van der Waals surface area (Å²) in [6.45, 7) is 5.67. The van der Waals surface area contributed by atoms with Crippen LogP contribution in [0.4, 0.5) is 9.93 Å². The Balaban J connectivity index is 1.69. The molecule has 3 rings (SSSR count). The van der Waals surface area contributed by atoms with E-state index in [1.807, 2.05) is 30.0 Å². The minimum atomic E-state index is 0.0215. The van der Waals surface area contributed by atoms with Crippen molar-refractivity contribution < 1.29 is 4.79 Å². The molecule has 0 atom stereocenters. The number of rotatable bonds is 2. The summed E-state index contributed by atoms with van der Waals surface area (Å²) >= 11 is 7.66. The molecule has 1 saturated heterocycles. The number of fused-ring (bicyclic) bond motifs is 1. The Bertz CT molecular complexity index is 651. The third-order valence-corrected chi connectivity index (χ3v) is 4.82. The van der Waals surface area contributed by atoms with Gasteiger partial charge in [0.1, 0.15) is 0 Å². The van der Waals surface area contributed by atoms with E-state index in [1.165, 1.54) is 0 Å². The van der Waals surface area contributed by atoms with Gasteiger partial charge in [-0.1, -0.05) is 22.9 Å². The quantitative estimate of drug-likeness (QED) is 0.924. The summed E-state index contributed by atoms with van der Waals surface area (Å²) in [5, 5.41) is 4.58. The highest BCUT2D eigenvalue weighted by atomic mass is 35.5. The number of piperazine rings is 1. The molecule has 2 amide bonds. The van der Waals surface area contributed by atoms with Crippen LogP contribution < -0.4 is 10.2 Å². The highest BCUT2D eigenvalue weighted by Gasteiger charge is 2.22. The lowest BCUT2D eigenvalue weighted by Crippen LogP contribution is -2.51. The molecule has 0 radical (unpaired) electrons. The second-order valence-corrected chi connectivity index (χ2v) is 6.36. The fourth-order valence-corrected chi connectivity index (χ4v) is 3.68. The van der Waals surface area contributed by atoms with Gasteiger partial charge in [-0.15, -0.1) is 0 Å². The molecule has 112 valence electrons. The number of hydrogen-bond acceptors (Lipinski definition) is 4. The Morgan fingerprint density at radius 1 is 1.38 bits per heavy atom. The van der Waals surface area contributed by atoms with Crippen molar-refractivity contribution in [1.29, 1.82) is 0 Å². The molecular weight excluding hydrogens is 308 g/mol. The molecule has 1 N–H and O–H groups in total. The van der Waals surface area contributed by atoms with Gasteiger partial charge in [-0.3, -0.25) is 0 Å². The van der Waals surface area contributed by atoms with Crippen molar-refractivity contribution in [2.24, 2.45) is 0 Å². The Labute approximate surface area is 132 Å². The molecule has 0 aliphatic carbocycles. The number of hydrogen-bond donors (Lipinski definition) is 1. The first-order valence-corrected chi connectivity index (χ1v) is 8.20. The average molecular weight is 325 g/mol. The molecule has 0 saturated carbocycles. The van der Waals surface area contributed by atoms with Crippen molar-refractivity contribution in [1.82, 2.24) is 15.2 Å². The molecule has 1 aromatic carbocycles. The van der Waals surface area contributed by atoms with Crippen molar-refractivity contribution >= 4 is 44.3 Å². The largest absolute Gasteiger partial charge is 0.345 e. The lowest BCUT2D eigenvalue weighted by Gasteiger charge is -2.34. The predicted octanol–water partition coefficient (Wildman–Crippen LogP) is 2.80. The zero-order chi connectivity index (χ0) is 14.8. The molecular formula is C14H17ClN4OS. The number of nitrogens with zero attached hydrogens (tertiary/aromatic N) is 3. The summed E-state index contributed by atoms with van der Waals surface area (Å²) in [5.74, 6) is 0. The van der Waals surface area contributed by atoms with Crippen molar-refractivity contribution in [3.05, 3.63) is 23.2 Å². The van der Waals surface area contributed by atoms with Crippen LogP contribution in [0.25, 0.3) is 10.2 Å². The summed E-state index contributed by atoms with van der Waals surface area (Å²) < 4.78 is 1.10. The normalized spacial score (nSPS) is 15.5. The monoisotopic (exact) mass is 324 g/mol. The van der Waals surface area contributed by atoms with E-state index >= 15 is 0 Å². The van der Waals surface area contributed by atoms with E-state index in [1.54, 1.807) is 11.3 Å². The topological polar surface area (TPSA) is 48.5 Å². The van der Waals surface area contributed by atoms with E-state index in [2.05, 4.69) is 15.2 Å². The van der Waals surface area contributed by atoms with E-state index in [0.717, 1.165) is 46.5 Å². The van der Waals surface area contributed by atoms with E-state index in [0.29, 0.717) is 6.54 Å². The summed E-state index contributed by atoms with van der Waals surface area (Å²) in [5.41, 5.74) is 0.977. The van der Waals surface area contributed by atoms with Crippen molar-refractivity contribution in [2.75, 3.05) is 37.6 Å². The van der Waals surface area contributed by atoms with Gasteiger partial charge in [-0.05, 0) is 25.1 Å². The molecule has 0 spiro atoms. The van der Waals surface area contributed by atoms with Crippen LogP contribution >= 0.6 is 22.9 Å². The first kappa shape index (κ1) is 14.4. The molecule has 2 aromatic rings. The number of nitrogens with one attached hydrogen (secondary N) is 1. The molecule has 2 heterocycles.